The van der Waals surface area contributed by atoms with Crippen LogP contribution in [0.5, 0.6) is 0 Å². The molecule has 0 saturated heterocycles. The maximum atomic E-state index is 12.2. The van der Waals surface area contributed by atoms with Gasteiger partial charge >= 0.3 is 11.9 Å². The fourth-order valence-electron chi connectivity index (χ4n) is 2.47. The lowest BCUT2D eigenvalue weighted by molar-refractivity contribution is -0.0379. The minimum Gasteiger partial charge on any atom is -0.459 e. The maximum absolute atomic E-state index is 12.2. The zero-order chi connectivity index (χ0) is 20.7. The minimum absolute atomic E-state index is 0.129. The Bertz CT molecular complexity index is 810. The topological polar surface area (TPSA) is 61.8 Å². The van der Waals surface area contributed by atoms with Crippen LogP contribution in [0.1, 0.15) is 51.3 Å². The number of carbonyl (C=O) groups is 2. The summed E-state index contributed by atoms with van der Waals surface area (Å²) in [6, 6.07) is 12.7. The van der Waals surface area contributed by atoms with Crippen LogP contribution in [0.4, 0.5) is 0 Å². The lowest BCUT2D eigenvalue weighted by Crippen LogP contribution is -2.26. The molecule has 2 aromatic carbocycles. The predicted molar refractivity (Wildman–Crippen MR) is 108 cm³/mol. The molecule has 0 aliphatic carbocycles. The van der Waals surface area contributed by atoms with E-state index in [-0.39, 0.29) is 31.3 Å². The van der Waals surface area contributed by atoms with E-state index < -0.39 is 6.10 Å². The third kappa shape index (κ3) is 6.50. The van der Waals surface area contributed by atoms with Crippen molar-refractivity contribution in [2.24, 2.45) is 0 Å². The smallest absolute Gasteiger partial charge is 0.338 e. The van der Waals surface area contributed by atoms with Crippen LogP contribution in [0, 0.1) is 20.8 Å². The summed E-state index contributed by atoms with van der Waals surface area (Å²) in [6.07, 6.45) is -0.721. The summed E-state index contributed by atoms with van der Waals surface area (Å²) in [5, 5.41) is 0. The summed E-state index contributed by atoms with van der Waals surface area (Å²) in [7, 11) is 0. The van der Waals surface area contributed by atoms with Gasteiger partial charge in [-0.15, -0.1) is 0 Å². The van der Waals surface area contributed by atoms with Gasteiger partial charge in [-0.1, -0.05) is 23.8 Å². The molecule has 0 spiro atoms. The van der Waals surface area contributed by atoms with Gasteiger partial charge in [-0.05, 0) is 70.0 Å². The van der Waals surface area contributed by atoms with Crippen molar-refractivity contribution in [3.8, 4) is 0 Å². The van der Waals surface area contributed by atoms with Crippen molar-refractivity contribution >= 4 is 11.9 Å². The highest BCUT2D eigenvalue weighted by Gasteiger charge is 2.15. The Labute approximate surface area is 166 Å². The summed E-state index contributed by atoms with van der Waals surface area (Å²) in [5.74, 6) is -0.762. The van der Waals surface area contributed by atoms with Gasteiger partial charge in [-0.25, -0.2) is 9.59 Å². The molecule has 5 heteroatoms. The van der Waals surface area contributed by atoms with Crippen LogP contribution >= 0.6 is 0 Å². The first-order chi connectivity index (χ1) is 13.3. The van der Waals surface area contributed by atoms with Crippen LogP contribution in [-0.4, -0.2) is 37.4 Å². The Morgan fingerprint density at radius 3 is 2.07 bits per heavy atom. The Morgan fingerprint density at radius 2 is 1.43 bits per heavy atom. The van der Waals surface area contributed by atoms with E-state index >= 15 is 0 Å². The number of rotatable bonds is 8. The normalized spacial score (nSPS) is 12.9. The zero-order valence-electron chi connectivity index (χ0n) is 17.2. The standard InChI is InChI=1S/C23H28O5/c1-15-6-9-20(10-7-15)22(24)27-13-18(4)26-14-19(5)28-23(25)21-11-8-16(2)17(3)12-21/h6-12,18-19H,13-14H2,1-5H3. The van der Waals surface area contributed by atoms with Gasteiger partial charge in [0.25, 0.3) is 0 Å². The van der Waals surface area contributed by atoms with Crippen molar-refractivity contribution in [2.45, 2.75) is 46.8 Å². The van der Waals surface area contributed by atoms with E-state index in [1.54, 1.807) is 32.0 Å². The maximum Gasteiger partial charge on any atom is 0.338 e. The predicted octanol–water partition coefficient (Wildman–Crippen LogP) is 4.42. The Kier molecular flexibility index (Phi) is 7.76. The van der Waals surface area contributed by atoms with Crippen LogP contribution in [-0.2, 0) is 14.2 Å². The van der Waals surface area contributed by atoms with Gasteiger partial charge < -0.3 is 14.2 Å². The van der Waals surface area contributed by atoms with Gasteiger partial charge in [0, 0.05) is 0 Å². The molecule has 0 fully saturated rings. The molecular formula is C23H28O5. The van der Waals surface area contributed by atoms with E-state index in [9.17, 15) is 9.59 Å². The van der Waals surface area contributed by atoms with Crippen molar-refractivity contribution < 1.29 is 23.8 Å². The van der Waals surface area contributed by atoms with Gasteiger partial charge in [0.2, 0.25) is 0 Å². The van der Waals surface area contributed by atoms with Crippen LogP contribution < -0.4 is 0 Å². The Hall–Kier alpha value is -2.66. The molecule has 0 N–H and O–H groups in total. The van der Waals surface area contributed by atoms with Crippen LogP contribution in [0.25, 0.3) is 0 Å². The fraction of sp³-hybridized carbons (Fsp3) is 0.391. The number of esters is 2. The molecule has 0 aliphatic rings. The Morgan fingerprint density at radius 1 is 0.786 bits per heavy atom. The average molecular weight is 384 g/mol. The van der Waals surface area contributed by atoms with Crippen LogP contribution in [0.15, 0.2) is 42.5 Å². The van der Waals surface area contributed by atoms with Crippen molar-refractivity contribution in [1.82, 2.24) is 0 Å². The highest BCUT2D eigenvalue weighted by Crippen LogP contribution is 2.12. The second-order valence-electron chi connectivity index (χ2n) is 7.12. The first-order valence-electron chi connectivity index (χ1n) is 9.40. The molecule has 0 saturated carbocycles. The summed E-state index contributed by atoms with van der Waals surface area (Å²) < 4.78 is 16.3. The number of ether oxygens (including phenoxy) is 3. The molecular weight excluding hydrogens is 356 g/mol. The molecule has 0 amide bonds. The monoisotopic (exact) mass is 384 g/mol. The largest absolute Gasteiger partial charge is 0.459 e. The third-order valence-corrected chi connectivity index (χ3v) is 4.40. The van der Waals surface area contributed by atoms with Gasteiger partial charge in [-0.2, -0.15) is 0 Å². The van der Waals surface area contributed by atoms with E-state index in [0.29, 0.717) is 11.1 Å². The van der Waals surface area contributed by atoms with Gasteiger partial charge in [0.05, 0.1) is 23.8 Å². The number of carbonyl (C=O) groups excluding carboxylic acids is 2. The molecule has 2 rings (SSSR count). The van der Waals surface area contributed by atoms with E-state index in [2.05, 4.69) is 0 Å². The molecule has 0 radical (unpaired) electrons. The van der Waals surface area contributed by atoms with E-state index in [1.807, 2.05) is 45.0 Å². The molecule has 2 atom stereocenters. The molecule has 2 unspecified atom stereocenters. The number of aryl methyl sites for hydroxylation is 3. The molecule has 28 heavy (non-hydrogen) atoms. The van der Waals surface area contributed by atoms with Crippen molar-refractivity contribution in [3.05, 3.63) is 70.3 Å². The van der Waals surface area contributed by atoms with E-state index in [4.69, 9.17) is 14.2 Å². The number of hydrogen-bond donors (Lipinski definition) is 0. The number of hydrogen-bond acceptors (Lipinski definition) is 5. The van der Waals surface area contributed by atoms with Crippen molar-refractivity contribution in [2.75, 3.05) is 13.2 Å². The lowest BCUT2D eigenvalue weighted by atomic mass is 10.1. The summed E-state index contributed by atoms with van der Waals surface area (Å²) in [4.78, 5) is 24.2. The van der Waals surface area contributed by atoms with Gasteiger partial charge in [0.15, 0.2) is 0 Å². The summed E-state index contributed by atoms with van der Waals surface area (Å²) >= 11 is 0. The van der Waals surface area contributed by atoms with Gasteiger partial charge in [-0.3, -0.25) is 0 Å². The second-order valence-corrected chi connectivity index (χ2v) is 7.12. The number of benzene rings is 2. The molecule has 0 bridgehead atoms. The fourth-order valence-corrected chi connectivity index (χ4v) is 2.47. The van der Waals surface area contributed by atoms with E-state index in [0.717, 1.165) is 16.7 Å². The Balaban J connectivity index is 1.73. The molecule has 2 aromatic rings. The quantitative estimate of drug-likeness (QED) is 0.631. The first kappa shape index (κ1) is 21.6. The first-order valence-corrected chi connectivity index (χ1v) is 9.40. The van der Waals surface area contributed by atoms with Crippen molar-refractivity contribution in [1.29, 1.82) is 0 Å². The van der Waals surface area contributed by atoms with Crippen LogP contribution in [0.2, 0.25) is 0 Å². The van der Waals surface area contributed by atoms with Crippen LogP contribution in [0.3, 0.4) is 0 Å². The van der Waals surface area contributed by atoms with Crippen molar-refractivity contribution in [3.63, 3.8) is 0 Å². The summed E-state index contributed by atoms with van der Waals surface area (Å²) in [6.45, 7) is 9.83. The zero-order valence-corrected chi connectivity index (χ0v) is 17.2. The highest BCUT2D eigenvalue weighted by molar-refractivity contribution is 5.90. The second kappa shape index (κ2) is 10.0. The SMILES string of the molecule is Cc1ccc(C(=O)OCC(C)OCC(C)OC(=O)c2ccc(C)c(C)c2)cc1. The molecule has 150 valence electrons. The highest BCUT2D eigenvalue weighted by atomic mass is 16.6. The third-order valence-electron chi connectivity index (χ3n) is 4.40. The lowest BCUT2D eigenvalue weighted by Gasteiger charge is -2.18. The molecule has 5 nitrogen and oxygen atoms in total. The van der Waals surface area contributed by atoms with Gasteiger partial charge in [0.1, 0.15) is 12.7 Å². The molecule has 0 aliphatic heterocycles. The minimum atomic E-state index is -0.413. The molecule has 0 aromatic heterocycles. The molecule has 0 heterocycles. The summed E-state index contributed by atoms with van der Waals surface area (Å²) in [5.41, 5.74) is 4.28. The van der Waals surface area contributed by atoms with E-state index in [1.165, 1.54) is 0 Å². The average Bonchev–Trinajstić information content (AvgIpc) is 2.67.